The molecule has 1 N–H and O–H groups in total. The van der Waals surface area contributed by atoms with E-state index in [0.29, 0.717) is 31.9 Å². The standard InChI is InChI=1S/C25H33FN4O3S/c26-22-7-5-21(6-8-22)19-28-13-4-16-30(18-17-28)25(31)20-34(32,33)27-23-9-11-24(12-10-23)29-14-2-1-3-15-29/h5-12,27H,1-4,13-20H2. The molecule has 0 unspecified atom stereocenters. The number of carbonyl (C=O) groups excluding carboxylic acids is 1. The van der Waals surface area contributed by atoms with Gasteiger partial charge in [-0.25, -0.2) is 12.8 Å². The molecule has 2 saturated heterocycles. The average molecular weight is 489 g/mol. The van der Waals surface area contributed by atoms with E-state index < -0.39 is 15.8 Å². The number of piperidine rings is 1. The molecule has 0 atom stereocenters. The topological polar surface area (TPSA) is 73.0 Å². The first-order valence-electron chi connectivity index (χ1n) is 12.0. The number of anilines is 2. The van der Waals surface area contributed by atoms with Crippen LogP contribution >= 0.6 is 0 Å². The van der Waals surface area contributed by atoms with E-state index in [1.54, 1.807) is 29.2 Å². The molecule has 2 aliphatic heterocycles. The molecule has 2 fully saturated rings. The van der Waals surface area contributed by atoms with Gasteiger partial charge in [0.1, 0.15) is 11.6 Å². The monoisotopic (exact) mass is 488 g/mol. The predicted octanol–water partition coefficient (Wildman–Crippen LogP) is 3.29. The summed E-state index contributed by atoms with van der Waals surface area (Å²) >= 11 is 0. The van der Waals surface area contributed by atoms with E-state index in [1.165, 1.54) is 31.4 Å². The van der Waals surface area contributed by atoms with Crippen LogP contribution in [0.15, 0.2) is 48.5 Å². The van der Waals surface area contributed by atoms with Crippen molar-refractivity contribution < 1.29 is 17.6 Å². The van der Waals surface area contributed by atoms with Crippen molar-refractivity contribution in [2.75, 3.05) is 54.6 Å². The molecule has 0 bridgehead atoms. The molecule has 184 valence electrons. The Bertz CT molecular complexity index is 1050. The van der Waals surface area contributed by atoms with Crippen LogP contribution in [0.5, 0.6) is 0 Å². The van der Waals surface area contributed by atoms with Gasteiger partial charge in [0.05, 0.1) is 0 Å². The fourth-order valence-corrected chi connectivity index (χ4v) is 5.66. The third-order valence-corrected chi connectivity index (χ3v) is 7.61. The Kier molecular flexibility index (Phi) is 8.05. The molecule has 9 heteroatoms. The molecule has 34 heavy (non-hydrogen) atoms. The van der Waals surface area contributed by atoms with Gasteiger partial charge in [0.2, 0.25) is 15.9 Å². The van der Waals surface area contributed by atoms with Crippen molar-refractivity contribution in [3.05, 3.63) is 59.9 Å². The largest absolute Gasteiger partial charge is 0.372 e. The van der Waals surface area contributed by atoms with Gasteiger partial charge in [-0.05, 0) is 67.6 Å². The molecule has 0 radical (unpaired) electrons. The van der Waals surface area contributed by atoms with Crippen LogP contribution in [-0.4, -0.2) is 69.1 Å². The fourth-order valence-electron chi connectivity index (χ4n) is 4.59. The lowest BCUT2D eigenvalue weighted by Gasteiger charge is -2.28. The molecule has 0 aromatic heterocycles. The number of hydrogen-bond donors (Lipinski definition) is 1. The minimum absolute atomic E-state index is 0.260. The summed E-state index contributed by atoms with van der Waals surface area (Å²) in [6.45, 7) is 5.17. The molecule has 2 aromatic carbocycles. The van der Waals surface area contributed by atoms with Gasteiger partial charge in [-0.15, -0.1) is 0 Å². The van der Waals surface area contributed by atoms with E-state index in [4.69, 9.17) is 0 Å². The molecule has 7 nitrogen and oxygen atoms in total. The van der Waals surface area contributed by atoms with Crippen molar-refractivity contribution in [3.63, 3.8) is 0 Å². The van der Waals surface area contributed by atoms with E-state index in [9.17, 15) is 17.6 Å². The number of benzene rings is 2. The second kappa shape index (κ2) is 11.2. The normalized spacial score (nSPS) is 17.9. The van der Waals surface area contributed by atoms with Crippen molar-refractivity contribution in [1.82, 2.24) is 9.80 Å². The van der Waals surface area contributed by atoms with Crippen LogP contribution in [0.4, 0.5) is 15.8 Å². The van der Waals surface area contributed by atoms with Gasteiger partial charge < -0.3 is 9.80 Å². The van der Waals surface area contributed by atoms with Crippen molar-refractivity contribution in [1.29, 1.82) is 0 Å². The Morgan fingerprint density at radius 2 is 1.53 bits per heavy atom. The highest BCUT2D eigenvalue weighted by atomic mass is 32.2. The lowest BCUT2D eigenvalue weighted by molar-refractivity contribution is -0.128. The lowest BCUT2D eigenvalue weighted by atomic mass is 10.1. The second-order valence-electron chi connectivity index (χ2n) is 9.09. The summed E-state index contributed by atoms with van der Waals surface area (Å²) in [5.74, 6) is -1.22. The summed E-state index contributed by atoms with van der Waals surface area (Å²) in [7, 11) is -3.80. The molecule has 0 spiro atoms. The van der Waals surface area contributed by atoms with E-state index in [0.717, 1.165) is 37.3 Å². The third kappa shape index (κ3) is 6.93. The quantitative estimate of drug-likeness (QED) is 0.648. The number of nitrogens with zero attached hydrogens (tertiary/aromatic N) is 3. The lowest BCUT2D eigenvalue weighted by Crippen LogP contribution is -2.39. The molecule has 0 saturated carbocycles. The zero-order valence-electron chi connectivity index (χ0n) is 19.5. The van der Waals surface area contributed by atoms with Crippen LogP contribution in [0.25, 0.3) is 0 Å². The van der Waals surface area contributed by atoms with Crippen LogP contribution in [0.1, 0.15) is 31.2 Å². The number of nitrogens with one attached hydrogen (secondary N) is 1. The minimum Gasteiger partial charge on any atom is -0.372 e. The number of carbonyl (C=O) groups is 1. The van der Waals surface area contributed by atoms with E-state index >= 15 is 0 Å². The maximum atomic E-state index is 13.1. The van der Waals surface area contributed by atoms with Crippen molar-refractivity contribution in [3.8, 4) is 0 Å². The van der Waals surface area contributed by atoms with Gasteiger partial charge in [-0.1, -0.05) is 12.1 Å². The summed E-state index contributed by atoms with van der Waals surface area (Å²) in [6, 6.07) is 13.8. The number of amides is 1. The van der Waals surface area contributed by atoms with Crippen molar-refractivity contribution in [2.45, 2.75) is 32.2 Å². The summed E-state index contributed by atoms with van der Waals surface area (Å²) in [5.41, 5.74) is 2.57. The molecule has 4 rings (SSSR count). The highest BCUT2D eigenvalue weighted by molar-refractivity contribution is 7.93. The molecule has 2 aromatic rings. The zero-order valence-corrected chi connectivity index (χ0v) is 20.3. The maximum absolute atomic E-state index is 13.1. The minimum atomic E-state index is -3.80. The van der Waals surface area contributed by atoms with Gasteiger partial charge in [0, 0.05) is 57.2 Å². The molecule has 1 amide bonds. The van der Waals surface area contributed by atoms with Gasteiger partial charge in [-0.3, -0.25) is 14.4 Å². The van der Waals surface area contributed by atoms with Crippen LogP contribution < -0.4 is 9.62 Å². The highest BCUT2D eigenvalue weighted by Crippen LogP contribution is 2.22. The summed E-state index contributed by atoms with van der Waals surface area (Å²) in [6.07, 6.45) is 4.37. The van der Waals surface area contributed by atoms with E-state index in [1.807, 2.05) is 12.1 Å². The van der Waals surface area contributed by atoms with Gasteiger partial charge in [0.25, 0.3) is 0 Å². The summed E-state index contributed by atoms with van der Waals surface area (Å²) < 4.78 is 41.0. The smallest absolute Gasteiger partial charge is 0.241 e. The Morgan fingerprint density at radius 3 is 2.24 bits per heavy atom. The number of sulfonamides is 1. The van der Waals surface area contributed by atoms with E-state index in [-0.39, 0.29) is 11.7 Å². The van der Waals surface area contributed by atoms with Gasteiger partial charge >= 0.3 is 0 Å². The molecular formula is C25H33FN4O3S. The SMILES string of the molecule is O=C(CS(=O)(=O)Nc1ccc(N2CCCCC2)cc1)N1CCCN(Cc2ccc(F)cc2)CC1. The first kappa shape index (κ1) is 24.5. The Labute approximate surface area is 201 Å². The number of hydrogen-bond acceptors (Lipinski definition) is 5. The first-order valence-corrected chi connectivity index (χ1v) is 13.6. The third-order valence-electron chi connectivity index (χ3n) is 6.44. The van der Waals surface area contributed by atoms with E-state index in [2.05, 4.69) is 14.5 Å². The molecule has 0 aliphatic carbocycles. The zero-order chi connectivity index (χ0) is 24.0. The predicted molar refractivity (Wildman–Crippen MR) is 133 cm³/mol. The molecule has 2 aliphatic rings. The molecular weight excluding hydrogens is 455 g/mol. The second-order valence-corrected chi connectivity index (χ2v) is 10.8. The van der Waals surface area contributed by atoms with Crippen LogP contribution in [0.2, 0.25) is 0 Å². The first-order chi connectivity index (χ1) is 16.4. The highest BCUT2D eigenvalue weighted by Gasteiger charge is 2.24. The van der Waals surface area contributed by atoms with Gasteiger partial charge in [-0.2, -0.15) is 0 Å². The van der Waals surface area contributed by atoms with Crippen LogP contribution in [0.3, 0.4) is 0 Å². The maximum Gasteiger partial charge on any atom is 0.241 e. The van der Waals surface area contributed by atoms with Crippen LogP contribution in [0, 0.1) is 5.82 Å². The molecule has 2 heterocycles. The van der Waals surface area contributed by atoms with Crippen molar-refractivity contribution >= 4 is 27.3 Å². The van der Waals surface area contributed by atoms with Crippen molar-refractivity contribution in [2.24, 2.45) is 0 Å². The number of rotatable bonds is 7. The Balaban J connectivity index is 1.27. The Hall–Kier alpha value is -2.65. The summed E-state index contributed by atoms with van der Waals surface area (Å²) in [4.78, 5) is 18.9. The van der Waals surface area contributed by atoms with Crippen LogP contribution in [-0.2, 0) is 21.4 Å². The average Bonchev–Trinajstić information content (AvgIpc) is 3.07. The number of halogens is 1. The fraction of sp³-hybridized carbons (Fsp3) is 0.480. The van der Waals surface area contributed by atoms with Gasteiger partial charge in [0.15, 0.2) is 0 Å². The summed E-state index contributed by atoms with van der Waals surface area (Å²) in [5, 5.41) is 0. The Morgan fingerprint density at radius 1 is 0.824 bits per heavy atom.